The van der Waals surface area contributed by atoms with Crippen LogP contribution in [0.25, 0.3) is 10.8 Å². The van der Waals surface area contributed by atoms with Gasteiger partial charge in [-0.15, -0.1) is 0 Å². The molecule has 0 amide bonds. The van der Waals surface area contributed by atoms with Crippen molar-refractivity contribution in [1.29, 1.82) is 0 Å². The van der Waals surface area contributed by atoms with Gasteiger partial charge in [-0.25, -0.2) is 0 Å². The van der Waals surface area contributed by atoms with E-state index in [1.807, 2.05) is 6.07 Å². The Morgan fingerprint density at radius 2 is 1.68 bits per heavy atom. The summed E-state index contributed by atoms with van der Waals surface area (Å²) in [5.74, 6) is 0. The van der Waals surface area contributed by atoms with Crippen LogP contribution >= 0.6 is 0 Å². The average molecular weight is 254 g/mol. The predicted octanol–water partition coefficient (Wildman–Crippen LogP) is 5.05. The predicted molar refractivity (Wildman–Crippen MR) is 84.8 cm³/mol. The van der Waals surface area contributed by atoms with E-state index in [4.69, 9.17) is 0 Å². The lowest BCUT2D eigenvalue weighted by Crippen LogP contribution is -2.25. The van der Waals surface area contributed by atoms with Crippen LogP contribution in [0, 0.1) is 6.07 Å². The van der Waals surface area contributed by atoms with Crippen molar-refractivity contribution in [3.8, 4) is 0 Å². The number of unbranched alkanes of at least 4 members (excludes halogenated alkanes) is 2. The molecule has 101 valence electrons. The van der Waals surface area contributed by atoms with Gasteiger partial charge in [0, 0.05) is 18.8 Å². The van der Waals surface area contributed by atoms with Crippen LogP contribution in [0.4, 0.5) is 5.69 Å². The average Bonchev–Trinajstić information content (AvgIpc) is 2.47. The molecule has 0 N–H and O–H groups in total. The number of anilines is 1. The molecule has 0 saturated carbocycles. The molecule has 0 spiro atoms. The fourth-order valence-electron chi connectivity index (χ4n) is 2.38. The zero-order valence-electron chi connectivity index (χ0n) is 12.2. The van der Waals surface area contributed by atoms with Crippen LogP contribution in [0.1, 0.15) is 39.5 Å². The Labute approximate surface area is 117 Å². The highest BCUT2D eigenvalue weighted by Crippen LogP contribution is 2.22. The lowest BCUT2D eigenvalue weighted by molar-refractivity contribution is 0.678. The van der Waals surface area contributed by atoms with E-state index in [1.165, 1.54) is 55.2 Å². The van der Waals surface area contributed by atoms with E-state index >= 15 is 0 Å². The summed E-state index contributed by atoms with van der Waals surface area (Å²) in [4.78, 5) is 2.53. The second kappa shape index (κ2) is 7.18. The molecule has 0 heterocycles. The number of benzene rings is 2. The highest BCUT2D eigenvalue weighted by atomic mass is 15.1. The lowest BCUT2D eigenvalue weighted by Gasteiger charge is -2.25. The molecule has 0 unspecified atom stereocenters. The zero-order chi connectivity index (χ0) is 13.5. The van der Waals surface area contributed by atoms with Gasteiger partial charge in [-0.1, -0.05) is 44.9 Å². The second-order valence-electron chi connectivity index (χ2n) is 5.15. The van der Waals surface area contributed by atoms with E-state index in [9.17, 15) is 0 Å². The molecule has 1 radical (unpaired) electrons. The maximum absolute atomic E-state index is 3.14. The van der Waals surface area contributed by atoms with Crippen LogP contribution in [0.15, 0.2) is 36.4 Å². The first kappa shape index (κ1) is 13.9. The minimum Gasteiger partial charge on any atom is -0.372 e. The van der Waals surface area contributed by atoms with Gasteiger partial charge in [0.25, 0.3) is 0 Å². The van der Waals surface area contributed by atoms with Gasteiger partial charge in [0.1, 0.15) is 0 Å². The molecule has 0 aliphatic heterocycles. The van der Waals surface area contributed by atoms with Crippen LogP contribution < -0.4 is 4.90 Å². The monoisotopic (exact) mass is 254 g/mol. The largest absolute Gasteiger partial charge is 0.372 e. The summed E-state index contributed by atoms with van der Waals surface area (Å²) >= 11 is 0. The molecule has 1 nitrogen and oxygen atoms in total. The van der Waals surface area contributed by atoms with Crippen molar-refractivity contribution in [2.24, 2.45) is 0 Å². The third-order valence-corrected chi connectivity index (χ3v) is 3.60. The highest BCUT2D eigenvalue weighted by Gasteiger charge is 2.06. The fraction of sp³-hybridized carbons (Fsp3) is 0.444. The Hall–Kier alpha value is -1.50. The fourth-order valence-corrected chi connectivity index (χ4v) is 2.38. The zero-order valence-corrected chi connectivity index (χ0v) is 12.2. The second-order valence-corrected chi connectivity index (χ2v) is 5.15. The lowest BCUT2D eigenvalue weighted by atomic mass is 10.1. The Kier molecular flexibility index (Phi) is 5.26. The van der Waals surface area contributed by atoms with Gasteiger partial charge in [0.15, 0.2) is 0 Å². The first-order chi connectivity index (χ1) is 9.35. The van der Waals surface area contributed by atoms with Crippen molar-refractivity contribution in [2.45, 2.75) is 39.5 Å². The standard InChI is InChI=1S/C18H24N/c1-3-5-13-19(14-6-4-2)18-12-11-16-9-7-8-10-17(16)15-18/h8-12,15H,3-6,13-14H2,1-2H3. The summed E-state index contributed by atoms with van der Waals surface area (Å²) in [5.41, 5.74) is 1.36. The number of hydrogen-bond donors (Lipinski definition) is 0. The summed E-state index contributed by atoms with van der Waals surface area (Å²) in [6.07, 6.45) is 5.05. The molecule has 2 rings (SSSR count). The molecule has 19 heavy (non-hydrogen) atoms. The molecule has 0 aliphatic carbocycles. The van der Waals surface area contributed by atoms with Crippen molar-refractivity contribution in [2.75, 3.05) is 18.0 Å². The Morgan fingerprint density at radius 1 is 0.947 bits per heavy atom. The smallest absolute Gasteiger partial charge is 0.0372 e. The maximum atomic E-state index is 3.14. The van der Waals surface area contributed by atoms with E-state index < -0.39 is 0 Å². The van der Waals surface area contributed by atoms with Gasteiger partial charge in [-0.05, 0) is 47.9 Å². The third kappa shape index (κ3) is 3.73. The van der Waals surface area contributed by atoms with Crippen molar-refractivity contribution in [3.05, 3.63) is 42.5 Å². The van der Waals surface area contributed by atoms with Crippen molar-refractivity contribution in [3.63, 3.8) is 0 Å². The molecule has 0 saturated heterocycles. The number of hydrogen-bond acceptors (Lipinski definition) is 1. The highest BCUT2D eigenvalue weighted by molar-refractivity contribution is 5.85. The van der Waals surface area contributed by atoms with Gasteiger partial charge in [-0.3, -0.25) is 0 Å². The summed E-state index contributed by atoms with van der Waals surface area (Å²) in [6, 6.07) is 16.1. The SMILES string of the molecule is CCCCN(CCCC)c1ccc2c[c]ccc2c1. The minimum atomic E-state index is 1.17. The Balaban J connectivity index is 2.21. The summed E-state index contributed by atoms with van der Waals surface area (Å²) in [5, 5.41) is 2.59. The van der Waals surface area contributed by atoms with Gasteiger partial charge < -0.3 is 4.90 Å². The van der Waals surface area contributed by atoms with Crippen LogP contribution in [0.2, 0.25) is 0 Å². The summed E-state index contributed by atoms with van der Waals surface area (Å²) < 4.78 is 0. The maximum Gasteiger partial charge on any atom is 0.0372 e. The molecule has 1 heteroatoms. The topological polar surface area (TPSA) is 3.24 Å². The molecule has 0 bridgehead atoms. The van der Waals surface area contributed by atoms with Crippen LogP contribution in [-0.2, 0) is 0 Å². The molecule has 0 fully saturated rings. The number of nitrogens with zero attached hydrogens (tertiary/aromatic N) is 1. The van der Waals surface area contributed by atoms with Crippen molar-refractivity contribution >= 4 is 16.5 Å². The van der Waals surface area contributed by atoms with Crippen LogP contribution in [0.5, 0.6) is 0 Å². The van der Waals surface area contributed by atoms with E-state index in [0.29, 0.717) is 0 Å². The molecule has 2 aromatic rings. The van der Waals surface area contributed by atoms with E-state index in [-0.39, 0.29) is 0 Å². The van der Waals surface area contributed by atoms with Gasteiger partial charge in [0.2, 0.25) is 0 Å². The normalized spacial score (nSPS) is 10.8. The Morgan fingerprint density at radius 3 is 2.37 bits per heavy atom. The van der Waals surface area contributed by atoms with Crippen LogP contribution in [0.3, 0.4) is 0 Å². The molecule has 0 atom stereocenters. The first-order valence-electron chi connectivity index (χ1n) is 7.50. The van der Waals surface area contributed by atoms with Gasteiger partial charge >= 0.3 is 0 Å². The van der Waals surface area contributed by atoms with Crippen molar-refractivity contribution < 1.29 is 0 Å². The third-order valence-electron chi connectivity index (χ3n) is 3.60. The van der Waals surface area contributed by atoms with Crippen molar-refractivity contribution in [1.82, 2.24) is 0 Å². The minimum absolute atomic E-state index is 1.17. The summed E-state index contributed by atoms with van der Waals surface area (Å²) in [6.45, 7) is 6.85. The van der Waals surface area contributed by atoms with Gasteiger partial charge in [0.05, 0.1) is 0 Å². The Bertz CT molecular complexity index is 496. The van der Waals surface area contributed by atoms with E-state index in [0.717, 1.165) is 0 Å². The molecular formula is C18H24N. The first-order valence-corrected chi connectivity index (χ1v) is 7.50. The molecule has 0 aromatic heterocycles. The van der Waals surface area contributed by atoms with Gasteiger partial charge in [-0.2, -0.15) is 0 Å². The van der Waals surface area contributed by atoms with E-state index in [2.05, 4.69) is 55.1 Å². The quantitative estimate of drug-likeness (QED) is 0.668. The van der Waals surface area contributed by atoms with Crippen LogP contribution in [-0.4, -0.2) is 13.1 Å². The summed E-state index contributed by atoms with van der Waals surface area (Å²) in [7, 11) is 0. The number of rotatable bonds is 7. The van der Waals surface area contributed by atoms with E-state index in [1.54, 1.807) is 0 Å². The molecular weight excluding hydrogens is 230 g/mol. The number of fused-ring (bicyclic) bond motifs is 1. The molecule has 2 aromatic carbocycles. The molecule has 0 aliphatic rings.